The number of rotatable bonds is 3. The second-order valence-corrected chi connectivity index (χ2v) is 7.11. The molecule has 1 N–H and O–H groups in total. The normalized spacial score (nSPS) is 14.0. The molecule has 2 aromatic heterocycles. The zero-order chi connectivity index (χ0) is 18.3. The number of thiophene rings is 1. The topological polar surface area (TPSA) is 111 Å². The first-order valence-electron chi connectivity index (χ1n) is 8.08. The van der Waals surface area contributed by atoms with Crippen LogP contribution in [0, 0.1) is 10.1 Å². The van der Waals surface area contributed by atoms with Gasteiger partial charge in [-0.25, -0.2) is 4.98 Å². The number of aryl methyl sites for hydroxylation is 2. The smallest absolute Gasteiger partial charge is 0.282 e. The molecule has 0 radical (unpaired) electrons. The second kappa shape index (κ2) is 6.34. The predicted octanol–water partition coefficient (Wildman–Crippen LogP) is 2.83. The Balaban J connectivity index is 1.77. The summed E-state index contributed by atoms with van der Waals surface area (Å²) in [6, 6.07) is 3.62. The van der Waals surface area contributed by atoms with Crippen molar-refractivity contribution in [3.8, 4) is 5.75 Å². The zero-order valence-electron chi connectivity index (χ0n) is 13.6. The van der Waals surface area contributed by atoms with Gasteiger partial charge in [0.25, 0.3) is 11.2 Å². The number of nitro benzene ring substituents is 1. The highest BCUT2D eigenvalue weighted by molar-refractivity contribution is 7.18. The average molecular weight is 370 g/mol. The summed E-state index contributed by atoms with van der Waals surface area (Å²) in [4.78, 5) is 29.3. The van der Waals surface area contributed by atoms with E-state index in [4.69, 9.17) is 0 Å². The summed E-state index contributed by atoms with van der Waals surface area (Å²) in [6.45, 7) is 0. The van der Waals surface area contributed by atoms with Crippen molar-refractivity contribution in [2.75, 3.05) is 0 Å². The van der Waals surface area contributed by atoms with Gasteiger partial charge < -0.3 is 5.11 Å². The molecule has 4 rings (SSSR count). The molecule has 8 nitrogen and oxygen atoms in total. The highest BCUT2D eigenvalue weighted by Crippen LogP contribution is 2.33. The number of hydrogen-bond acceptors (Lipinski definition) is 7. The Kier molecular flexibility index (Phi) is 4.00. The number of aromatic nitrogens is 2. The molecular weight excluding hydrogens is 356 g/mol. The van der Waals surface area contributed by atoms with Crippen LogP contribution in [0.3, 0.4) is 0 Å². The van der Waals surface area contributed by atoms with Gasteiger partial charge in [-0.05, 0) is 37.3 Å². The van der Waals surface area contributed by atoms with E-state index in [1.165, 1.54) is 35.6 Å². The molecule has 2 heterocycles. The largest absolute Gasteiger partial charge is 0.507 e. The first-order valence-corrected chi connectivity index (χ1v) is 8.90. The maximum Gasteiger partial charge on any atom is 0.282 e. The van der Waals surface area contributed by atoms with Crippen LogP contribution in [0.25, 0.3) is 10.2 Å². The SMILES string of the molecule is O=c1c2c3c(sc2ncn1/N=C/c1cc([N+](=O)[O-])ccc1O)CCCC3. The van der Waals surface area contributed by atoms with Crippen molar-refractivity contribution in [3.63, 3.8) is 0 Å². The molecule has 0 spiro atoms. The summed E-state index contributed by atoms with van der Waals surface area (Å²) < 4.78 is 1.10. The van der Waals surface area contributed by atoms with Crippen LogP contribution >= 0.6 is 11.3 Å². The number of phenols is 1. The van der Waals surface area contributed by atoms with Crippen LogP contribution in [-0.4, -0.2) is 25.9 Å². The van der Waals surface area contributed by atoms with Gasteiger partial charge in [-0.2, -0.15) is 9.78 Å². The van der Waals surface area contributed by atoms with Gasteiger partial charge in [0.2, 0.25) is 0 Å². The van der Waals surface area contributed by atoms with Gasteiger partial charge in [0, 0.05) is 22.6 Å². The standard InChI is InChI=1S/C17H14N4O4S/c22-13-6-5-11(21(24)25)7-10(13)8-19-20-9-18-16-15(17(20)23)12-3-1-2-4-14(12)26-16/h5-9,22H,1-4H2/b19-8+. The Labute approximate surface area is 151 Å². The minimum absolute atomic E-state index is 0.151. The van der Waals surface area contributed by atoms with E-state index in [0.717, 1.165) is 35.9 Å². The van der Waals surface area contributed by atoms with Crippen molar-refractivity contribution in [1.29, 1.82) is 0 Å². The van der Waals surface area contributed by atoms with Crippen LogP contribution in [-0.2, 0) is 12.8 Å². The lowest BCUT2D eigenvalue weighted by Gasteiger charge is -2.09. The summed E-state index contributed by atoms with van der Waals surface area (Å²) in [6.07, 6.45) is 6.57. The van der Waals surface area contributed by atoms with Crippen molar-refractivity contribution in [2.45, 2.75) is 25.7 Å². The molecular formula is C17H14N4O4S. The molecule has 1 aromatic carbocycles. The maximum absolute atomic E-state index is 12.8. The molecule has 1 aliphatic carbocycles. The Hall–Kier alpha value is -3.07. The summed E-state index contributed by atoms with van der Waals surface area (Å²) >= 11 is 1.55. The Bertz CT molecular complexity index is 1120. The van der Waals surface area contributed by atoms with Crippen LogP contribution in [0.2, 0.25) is 0 Å². The van der Waals surface area contributed by atoms with Gasteiger partial charge in [-0.3, -0.25) is 14.9 Å². The quantitative estimate of drug-likeness (QED) is 0.433. The van der Waals surface area contributed by atoms with E-state index in [-0.39, 0.29) is 22.6 Å². The van der Waals surface area contributed by atoms with E-state index in [2.05, 4.69) is 10.1 Å². The van der Waals surface area contributed by atoms with E-state index >= 15 is 0 Å². The number of phenolic OH excluding ortho intramolecular Hbond substituents is 1. The average Bonchev–Trinajstić information content (AvgIpc) is 3.01. The zero-order valence-corrected chi connectivity index (χ0v) is 14.4. The molecule has 0 saturated heterocycles. The van der Waals surface area contributed by atoms with E-state index in [0.29, 0.717) is 10.2 Å². The molecule has 0 bridgehead atoms. The van der Waals surface area contributed by atoms with Crippen molar-refractivity contribution >= 4 is 33.5 Å². The molecule has 0 saturated carbocycles. The molecule has 132 valence electrons. The molecule has 9 heteroatoms. The third kappa shape index (κ3) is 2.76. The van der Waals surface area contributed by atoms with Crippen molar-refractivity contribution in [1.82, 2.24) is 9.66 Å². The number of nitro groups is 1. The summed E-state index contributed by atoms with van der Waals surface area (Å²) in [7, 11) is 0. The summed E-state index contributed by atoms with van der Waals surface area (Å²) in [5.41, 5.74) is 0.780. The van der Waals surface area contributed by atoms with E-state index in [1.807, 2.05) is 0 Å². The molecule has 0 fully saturated rings. The molecule has 1 aliphatic rings. The predicted molar refractivity (Wildman–Crippen MR) is 98.3 cm³/mol. The minimum Gasteiger partial charge on any atom is -0.507 e. The Morgan fingerprint density at radius 2 is 2.15 bits per heavy atom. The molecule has 0 amide bonds. The number of aromatic hydroxyl groups is 1. The van der Waals surface area contributed by atoms with Crippen molar-refractivity contribution < 1.29 is 10.0 Å². The second-order valence-electron chi connectivity index (χ2n) is 6.03. The van der Waals surface area contributed by atoms with Crippen LogP contribution in [0.4, 0.5) is 5.69 Å². The van der Waals surface area contributed by atoms with Crippen LogP contribution in [0.5, 0.6) is 5.75 Å². The minimum atomic E-state index is -0.561. The van der Waals surface area contributed by atoms with Crippen molar-refractivity contribution in [3.05, 3.63) is 61.0 Å². The highest BCUT2D eigenvalue weighted by atomic mass is 32.1. The molecule has 0 aliphatic heterocycles. The van der Waals surface area contributed by atoms with Crippen LogP contribution in [0.15, 0.2) is 34.4 Å². The first-order chi connectivity index (χ1) is 12.5. The fourth-order valence-electron chi connectivity index (χ4n) is 3.10. The van der Waals surface area contributed by atoms with E-state index in [9.17, 15) is 20.0 Å². The van der Waals surface area contributed by atoms with Crippen molar-refractivity contribution in [2.24, 2.45) is 5.10 Å². The molecule has 3 aromatic rings. The Morgan fingerprint density at radius 1 is 1.35 bits per heavy atom. The van der Waals surface area contributed by atoms with Gasteiger partial charge in [0.15, 0.2) is 0 Å². The van der Waals surface area contributed by atoms with E-state index < -0.39 is 4.92 Å². The lowest BCUT2D eigenvalue weighted by Crippen LogP contribution is -2.18. The highest BCUT2D eigenvalue weighted by Gasteiger charge is 2.19. The van der Waals surface area contributed by atoms with Gasteiger partial charge in [-0.15, -0.1) is 11.3 Å². The van der Waals surface area contributed by atoms with Crippen LogP contribution in [0.1, 0.15) is 28.8 Å². The molecule has 0 unspecified atom stereocenters. The van der Waals surface area contributed by atoms with Gasteiger partial charge >= 0.3 is 0 Å². The first kappa shape index (κ1) is 16.4. The monoisotopic (exact) mass is 370 g/mol. The number of non-ortho nitro benzene ring substituents is 1. The fraction of sp³-hybridized carbons (Fsp3) is 0.235. The number of fused-ring (bicyclic) bond motifs is 3. The van der Waals surface area contributed by atoms with Gasteiger partial charge in [0.05, 0.1) is 16.5 Å². The molecule has 26 heavy (non-hydrogen) atoms. The van der Waals surface area contributed by atoms with E-state index in [1.54, 1.807) is 11.3 Å². The number of benzene rings is 1. The third-order valence-corrected chi connectivity index (χ3v) is 5.60. The Morgan fingerprint density at radius 3 is 2.96 bits per heavy atom. The van der Waals surface area contributed by atoms with Gasteiger partial charge in [0.1, 0.15) is 16.9 Å². The maximum atomic E-state index is 12.8. The van der Waals surface area contributed by atoms with Crippen LogP contribution < -0.4 is 5.56 Å². The lowest BCUT2D eigenvalue weighted by atomic mass is 9.97. The number of nitrogens with zero attached hydrogens (tertiary/aromatic N) is 4. The van der Waals surface area contributed by atoms with Gasteiger partial charge in [-0.1, -0.05) is 0 Å². The lowest BCUT2D eigenvalue weighted by molar-refractivity contribution is -0.384. The fourth-order valence-corrected chi connectivity index (χ4v) is 4.32. The third-order valence-electron chi connectivity index (χ3n) is 4.40. The molecule has 0 atom stereocenters. The summed E-state index contributed by atoms with van der Waals surface area (Å²) in [5.74, 6) is -0.158. The number of hydrogen-bond donors (Lipinski definition) is 1. The summed E-state index contributed by atoms with van der Waals surface area (Å²) in [5, 5.41) is 25.4.